The zero-order chi connectivity index (χ0) is 25.5. The molecule has 7 heteroatoms. The summed E-state index contributed by atoms with van der Waals surface area (Å²) in [5, 5.41) is 7.74. The third-order valence-corrected chi connectivity index (χ3v) is 8.60. The molecule has 5 atom stereocenters. The predicted octanol–water partition coefficient (Wildman–Crippen LogP) is 6.87. The number of hydrogen-bond donors (Lipinski definition) is 0. The van der Waals surface area contributed by atoms with Crippen molar-refractivity contribution < 1.29 is 14.3 Å². The number of nitrogens with zero attached hydrogens (tertiary/aromatic N) is 2. The quantitative estimate of drug-likeness (QED) is 0.310. The van der Waals surface area contributed by atoms with E-state index in [0.29, 0.717) is 16.0 Å². The molecule has 2 fully saturated rings. The average Bonchev–Trinajstić information content (AvgIpc) is 3.64. The summed E-state index contributed by atoms with van der Waals surface area (Å²) in [4.78, 5) is 26.3. The number of esters is 1. The van der Waals surface area contributed by atoms with Gasteiger partial charge in [0.25, 0.3) is 5.91 Å². The van der Waals surface area contributed by atoms with Crippen LogP contribution in [0.3, 0.4) is 0 Å². The van der Waals surface area contributed by atoms with Crippen molar-refractivity contribution in [3.63, 3.8) is 0 Å². The first-order chi connectivity index (χ1) is 18.0. The first kappa shape index (κ1) is 24.4. The Hall–Kier alpha value is -2.89. The largest absolute Gasteiger partial charge is 0.455 e. The molecule has 0 unspecified atom stereocenters. The topological polar surface area (TPSA) is 59.0 Å². The van der Waals surface area contributed by atoms with E-state index in [0.717, 1.165) is 54.5 Å². The predicted molar refractivity (Wildman–Crippen MR) is 145 cm³/mol. The summed E-state index contributed by atoms with van der Waals surface area (Å²) in [6.45, 7) is -0.305. The smallest absolute Gasteiger partial charge is 0.310 e. The number of allylic oxidation sites excluding steroid dienone is 3. The van der Waals surface area contributed by atoms with E-state index in [2.05, 4.69) is 18.2 Å². The molecule has 1 amide bonds. The van der Waals surface area contributed by atoms with Crippen LogP contribution in [0.5, 0.6) is 0 Å². The third-order valence-electron chi connectivity index (χ3n) is 8.10. The Balaban J connectivity index is 1.26. The number of carbonyl (C=O) groups excluding carboxylic acids is 2. The van der Waals surface area contributed by atoms with Crippen LogP contribution >= 0.6 is 23.2 Å². The molecule has 190 valence electrons. The zero-order valence-electron chi connectivity index (χ0n) is 20.4. The highest BCUT2D eigenvalue weighted by Crippen LogP contribution is 2.45. The average molecular weight is 535 g/mol. The zero-order valence-corrected chi connectivity index (χ0v) is 21.9. The second-order valence-corrected chi connectivity index (χ2v) is 11.3. The number of hydrazone groups is 1. The van der Waals surface area contributed by atoms with Gasteiger partial charge in [-0.25, -0.2) is 5.01 Å². The van der Waals surface area contributed by atoms with Crippen molar-refractivity contribution in [2.45, 2.75) is 38.1 Å². The van der Waals surface area contributed by atoms with E-state index in [1.54, 1.807) is 0 Å². The first-order valence-corrected chi connectivity index (χ1v) is 13.7. The van der Waals surface area contributed by atoms with E-state index in [1.807, 2.05) is 48.5 Å². The van der Waals surface area contributed by atoms with Gasteiger partial charge >= 0.3 is 5.97 Å². The summed E-state index contributed by atoms with van der Waals surface area (Å²) in [7, 11) is 0. The fourth-order valence-corrected chi connectivity index (χ4v) is 6.57. The number of benzene rings is 2. The molecule has 37 heavy (non-hydrogen) atoms. The van der Waals surface area contributed by atoms with Crippen molar-refractivity contribution in [2.24, 2.45) is 28.8 Å². The SMILES string of the molecule is O=C(OCC(=O)N1N=C2/C(=C\c3ccc(Cl)cc3)CCC[C@@H]2[C@@H]1c1ccc(Cl)cc1)[C@@H]1C[C@H]2C=C[C@@H]1C2. The molecule has 3 aliphatic carbocycles. The Bertz CT molecular complexity index is 1300. The maximum atomic E-state index is 13.5. The summed E-state index contributed by atoms with van der Waals surface area (Å²) in [5.41, 5.74) is 4.07. The highest BCUT2D eigenvalue weighted by Gasteiger charge is 2.45. The van der Waals surface area contributed by atoms with E-state index in [4.69, 9.17) is 33.0 Å². The van der Waals surface area contributed by atoms with Gasteiger partial charge in [0.15, 0.2) is 6.61 Å². The number of ether oxygens (including phenoxy) is 1. The highest BCUT2D eigenvalue weighted by molar-refractivity contribution is 6.30. The molecule has 1 heterocycles. The molecule has 0 N–H and O–H groups in total. The number of rotatable bonds is 5. The second kappa shape index (κ2) is 10.1. The highest BCUT2D eigenvalue weighted by atomic mass is 35.5. The molecular weight excluding hydrogens is 507 g/mol. The monoisotopic (exact) mass is 534 g/mol. The Labute approximate surface area is 226 Å². The van der Waals surface area contributed by atoms with Crippen molar-refractivity contribution in [3.05, 3.63) is 87.4 Å². The lowest BCUT2D eigenvalue weighted by Crippen LogP contribution is -2.35. The fraction of sp³-hybridized carbons (Fsp3) is 0.367. The van der Waals surface area contributed by atoms with Crippen molar-refractivity contribution in [1.29, 1.82) is 0 Å². The van der Waals surface area contributed by atoms with Gasteiger partial charge in [-0.05, 0) is 91.0 Å². The van der Waals surface area contributed by atoms with Crippen LogP contribution in [0.2, 0.25) is 10.0 Å². The minimum absolute atomic E-state index is 0.0591. The van der Waals surface area contributed by atoms with Crippen molar-refractivity contribution in [1.82, 2.24) is 5.01 Å². The molecular formula is C30H28Cl2N2O3. The van der Waals surface area contributed by atoms with Crippen molar-refractivity contribution >= 4 is 46.9 Å². The Morgan fingerprint density at radius 3 is 2.41 bits per heavy atom. The number of amides is 1. The van der Waals surface area contributed by atoms with Gasteiger partial charge < -0.3 is 4.74 Å². The summed E-state index contributed by atoms with van der Waals surface area (Å²) < 4.78 is 5.56. The van der Waals surface area contributed by atoms with Crippen LogP contribution < -0.4 is 0 Å². The van der Waals surface area contributed by atoms with Crippen LogP contribution in [0.1, 0.15) is 49.3 Å². The fourth-order valence-electron chi connectivity index (χ4n) is 6.32. The summed E-state index contributed by atoms with van der Waals surface area (Å²) in [6.07, 6.45) is 11.1. The van der Waals surface area contributed by atoms with Gasteiger partial charge in [0, 0.05) is 16.0 Å². The number of hydrogen-bond acceptors (Lipinski definition) is 4. The van der Waals surface area contributed by atoms with Crippen molar-refractivity contribution in [2.75, 3.05) is 6.61 Å². The molecule has 5 nitrogen and oxygen atoms in total. The molecule has 2 aromatic carbocycles. The van der Waals surface area contributed by atoms with Gasteiger partial charge in [0.05, 0.1) is 17.7 Å². The number of fused-ring (bicyclic) bond motifs is 3. The number of carbonyl (C=O) groups is 2. The standard InChI is InChI=1S/C30H28Cl2N2O3/c31-23-10-5-18(6-11-23)14-22-2-1-3-25-28(22)33-34(29(25)20-8-12-24(32)13-9-20)27(35)17-37-30(36)26-16-19-4-7-21(26)15-19/h4-14,19,21,25-26,29H,1-3,15-17H2/b22-14-/t19-,21+,25-,26+,29-/m0/s1. The van der Waals surface area contributed by atoms with Crippen molar-refractivity contribution in [3.8, 4) is 0 Å². The van der Waals surface area contributed by atoms with E-state index in [1.165, 1.54) is 5.01 Å². The van der Waals surface area contributed by atoms with Gasteiger partial charge in [-0.3, -0.25) is 9.59 Å². The van der Waals surface area contributed by atoms with Crippen LogP contribution in [-0.2, 0) is 14.3 Å². The second-order valence-electron chi connectivity index (χ2n) is 10.4. The van der Waals surface area contributed by atoms with Gasteiger partial charge in [0.1, 0.15) is 0 Å². The lowest BCUT2D eigenvalue weighted by Gasteiger charge is -2.29. The minimum Gasteiger partial charge on any atom is -0.455 e. The van der Waals surface area contributed by atoms with E-state index in [9.17, 15) is 9.59 Å². The first-order valence-electron chi connectivity index (χ1n) is 12.9. The maximum Gasteiger partial charge on any atom is 0.310 e. The van der Waals surface area contributed by atoms with E-state index in [-0.39, 0.29) is 42.3 Å². The molecule has 2 saturated carbocycles. The van der Waals surface area contributed by atoms with Gasteiger partial charge in [-0.1, -0.05) is 59.6 Å². The van der Waals surface area contributed by atoms with Crippen LogP contribution in [-0.4, -0.2) is 29.2 Å². The van der Waals surface area contributed by atoms with Crippen LogP contribution in [0.25, 0.3) is 6.08 Å². The van der Waals surface area contributed by atoms with Crippen LogP contribution in [0, 0.1) is 23.7 Å². The molecule has 0 radical (unpaired) electrons. The molecule has 1 aliphatic heterocycles. The lowest BCUT2D eigenvalue weighted by atomic mass is 9.77. The summed E-state index contributed by atoms with van der Waals surface area (Å²) in [5.74, 6) is 0.0389. The van der Waals surface area contributed by atoms with Crippen LogP contribution in [0.15, 0.2) is 71.4 Å². The van der Waals surface area contributed by atoms with E-state index < -0.39 is 0 Å². The Kier molecular flexibility index (Phi) is 6.68. The summed E-state index contributed by atoms with van der Waals surface area (Å²) >= 11 is 12.2. The normalized spacial score (nSPS) is 28.9. The van der Waals surface area contributed by atoms with Crippen LogP contribution in [0.4, 0.5) is 0 Å². The molecule has 0 saturated heterocycles. The minimum atomic E-state index is -0.306. The Morgan fingerprint density at radius 1 is 1.00 bits per heavy atom. The molecule has 2 bridgehead atoms. The number of halogens is 2. The molecule has 0 spiro atoms. The third kappa shape index (κ3) is 4.87. The van der Waals surface area contributed by atoms with Gasteiger partial charge in [-0.2, -0.15) is 5.10 Å². The molecule has 4 aliphatic rings. The maximum absolute atomic E-state index is 13.5. The van der Waals surface area contributed by atoms with Gasteiger partial charge in [0.2, 0.25) is 0 Å². The summed E-state index contributed by atoms with van der Waals surface area (Å²) in [6, 6.07) is 15.0. The van der Waals surface area contributed by atoms with Gasteiger partial charge in [-0.15, -0.1) is 0 Å². The Morgan fingerprint density at radius 2 is 1.73 bits per heavy atom. The van der Waals surface area contributed by atoms with E-state index >= 15 is 0 Å². The molecule has 6 rings (SSSR count). The lowest BCUT2D eigenvalue weighted by molar-refractivity contribution is -0.157. The molecule has 0 aromatic heterocycles. The molecule has 2 aromatic rings.